The van der Waals surface area contributed by atoms with Crippen LogP contribution in [0.1, 0.15) is 34.1 Å². The van der Waals surface area contributed by atoms with Gasteiger partial charge in [-0.1, -0.05) is 12.1 Å². The lowest BCUT2D eigenvalue weighted by molar-refractivity contribution is -0.196. The number of alkyl halides is 1. The fraction of sp³-hybridized carbons (Fsp3) is 0.290. The van der Waals surface area contributed by atoms with Crippen LogP contribution in [0.15, 0.2) is 65.7 Å². The molecule has 0 saturated carbocycles. The zero-order valence-corrected chi connectivity index (χ0v) is 25.4. The lowest BCUT2D eigenvalue weighted by Crippen LogP contribution is -2.56. The minimum absolute atomic E-state index is 0.0178. The Morgan fingerprint density at radius 2 is 1.96 bits per heavy atom. The van der Waals surface area contributed by atoms with Gasteiger partial charge in [0, 0.05) is 17.9 Å². The highest BCUT2D eigenvalue weighted by Gasteiger charge is 2.48. The van der Waals surface area contributed by atoms with E-state index in [-0.39, 0.29) is 31.0 Å². The highest BCUT2D eigenvalue weighted by molar-refractivity contribution is 7.98. The number of anilines is 1. The monoisotopic (exact) mass is 667 g/mol. The number of hydrogen-bond acceptors (Lipinski definition) is 11. The first-order valence-corrected chi connectivity index (χ1v) is 15.5. The van der Waals surface area contributed by atoms with Gasteiger partial charge >= 0.3 is 5.97 Å². The second-order valence-corrected chi connectivity index (χ2v) is 11.7. The smallest absolute Gasteiger partial charge is 0.340 e. The molecule has 2 aliphatic heterocycles. The zero-order valence-electron chi connectivity index (χ0n) is 24.6. The summed E-state index contributed by atoms with van der Waals surface area (Å²) in [7, 11) is 0. The summed E-state index contributed by atoms with van der Waals surface area (Å²) in [6, 6.07) is 13.4. The molecular formula is C31H27F2N5O8S. The fourth-order valence-electron chi connectivity index (χ4n) is 5.53. The van der Waals surface area contributed by atoms with Crippen LogP contribution in [0.2, 0.25) is 0 Å². The summed E-state index contributed by atoms with van der Waals surface area (Å²) in [6.45, 7) is 0.0158. The molecule has 0 spiro atoms. The number of ether oxygens (including phenoxy) is 2. The van der Waals surface area contributed by atoms with Crippen molar-refractivity contribution in [1.82, 2.24) is 19.9 Å². The number of aliphatic hydroxyl groups excluding tert-OH is 1. The molecule has 0 unspecified atom stereocenters. The van der Waals surface area contributed by atoms with Gasteiger partial charge in [0.25, 0.3) is 12.2 Å². The van der Waals surface area contributed by atoms with Crippen molar-refractivity contribution in [3.05, 3.63) is 83.4 Å². The van der Waals surface area contributed by atoms with Crippen molar-refractivity contribution in [3.8, 4) is 5.75 Å². The average Bonchev–Trinajstić information content (AvgIpc) is 3.67. The molecule has 5 atom stereocenters. The topological polar surface area (TPSA) is 173 Å². The predicted octanol–water partition coefficient (Wildman–Crippen LogP) is 2.50. The Bertz CT molecular complexity index is 1890. The number of aliphatic carboxylic acids is 1. The molecule has 6 rings (SSSR count). The number of carboxylic acid groups (broad SMARTS) is 1. The number of aromatic nitrogens is 3. The first-order chi connectivity index (χ1) is 22.5. The predicted molar refractivity (Wildman–Crippen MR) is 161 cm³/mol. The van der Waals surface area contributed by atoms with E-state index in [0.717, 1.165) is 4.90 Å². The molecule has 2 aromatic heterocycles. The van der Waals surface area contributed by atoms with Crippen LogP contribution in [0.4, 0.5) is 14.6 Å². The normalized spacial score (nSPS) is 22.9. The van der Waals surface area contributed by atoms with Gasteiger partial charge in [-0.15, -0.1) is 16.9 Å². The maximum atomic E-state index is 14.8. The van der Waals surface area contributed by atoms with Crippen molar-refractivity contribution < 1.29 is 47.6 Å². The van der Waals surface area contributed by atoms with Crippen molar-refractivity contribution in [3.63, 3.8) is 0 Å². The molecule has 0 radical (unpaired) electrons. The van der Waals surface area contributed by atoms with Crippen molar-refractivity contribution in [2.75, 3.05) is 17.7 Å². The molecule has 2 aliphatic rings. The van der Waals surface area contributed by atoms with Crippen LogP contribution in [0.5, 0.6) is 5.75 Å². The Balaban J connectivity index is 1.17. The van der Waals surface area contributed by atoms with Gasteiger partial charge in [-0.05, 0) is 59.8 Å². The second kappa shape index (κ2) is 13.1. The third-order valence-electron chi connectivity index (χ3n) is 7.78. The van der Waals surface area contributed by atoms with Crippen molar-refractivity contribution in [2.24, 2.45) is 0 Å². The Labute approximate surface area is 269 Å². The van der Waals surface area contributed by atoms with Crippen LogP contribution in [-0.4, -0.2) is 85.7 Å². The van der Waals surface area contributed by atoms with Crippen LogP contribution in [0.25, 0.3) is 5.65 Å². The largest absolute Gasteiger partial charge is 0.479 e. The number of nitrogens with zero attached hydrogens (tertiary/aromatic N) is 4. The highest BCUT2D eigenvalue weighted by Crippen LogP contribution is 2.40. The number of aliphatic hydroxyl groups is 1. The number of carbonyl (C=O) groups is 4. The molecule has 0 bridgehead atoms. The number of Topliss-reactive ketones (excluding diaryl/α,β-unsaturated/α-hetero) is 2. The number of benzene rings is 2. The van der Waals surface area contributed by atoms with E-state index < -0.39 is 60.0 Å². The van der Waals surface area contributed by atoms with Crippen LogP contribution >= 0.6 is 11.8 Å². The summed E-state index contributed by atoms with van der Waals surface area (Å²) in [6.07, 6.45) is -3.94. The molecule has 244 valence electrons. The summed E-state index contributed by atoms with van der Waals surface area (Å²) < 4.78 is 40.7. The number of halogens is 2. The number of amides is 1. The molecule has 3 N–H and O–H groups in total. The number of fused-ring (bicyclic) bond motifs is 1. The summed E-state index contributed by atoms with van der Waals surface area (Å²) in [5.41, 5.74) is 1.63. The second-order valence-electron chi connectivity index (χ2n) is 10.8. The van der Waals surface area contributed by atoms with Gasteiger partial charge in [0.15, 0.2) is 17.4 Å². The number of imidazole rings is 1. The van der Waals surface area contributed by atoms with E-state index in [0.29, 0.717) is 22.6 Å². The fourth-order valence-corrected chi connectivity index (χ4v) is 6.17. The summed E-state index contributed by atoms with van der Waals surface area (Å²) in [5.74, 6) is -4.65. The molecule has 2 saturated heterocycles. The van der Waals surface area contributed by atoms with Gasteiger partial charge in [0.2, 0.25) is 17.7 Å². The average molecular weight is 668 g/mol. The van der Waals surface area contributed by atoms with Gasteiger partial charge in [0.1, 0.15) is 23.6 Å². The number of carbonyl (C=O) groups excluding carboxylic acids is 3. The third-order valence-corrected chi connectivity index (χ3v) is 8.60. The van der Waals surface area contributed by atoms with E-state index in [2.05, 4.69) is 15.4 Å². The Hall–Kier alpha value is -4.93. The Morgan fingerprint density at radius 3 is 2.72 bits per heavy atom. The quantitative estimate of drug-likeness (QED) is 0.176. The summed E-state index contributed by atoms with van der Waals surface area (Å²) in [4.78, 5) is 55.5. The van der Waals surface area contributed by atoms with Gasteiger partial charge in [-0.25, -0.2) is 23.1 Å². The molecule has 16 heteroatoms. The number of rotatable bonds is 9. The van der Waals surface area contributed by atoms with Crippen LogP contribution in [-0.2, 0) is 25.7 Å². The standard InChI is InChI=1S/C31H27F2N5O8S/c1-47-22-6-5-16(32)10-19(22)20-11-17(33)14-37(20)24-8-7-23-34-13-21(38(23)36-24)29(42)35-12-15-3-2-4-18(9-15)45-31-27(41)25(39)26(40)28(46-31)30(43)44/h2-10,13,17,20,25,28,31,39H,11-12,14H2,1H3,(H,35,42)(H,43,44)/t17-,20+,25-,28-,31+/m0/s1. The van der Waals surface area contributed by atoms with E-state index in [9.17, 15) is 33.1 Å². The van der Waals surface area contributed by atoms with Crippen molar-refractivity contribution in [2.45, 2.75) is 48.6 Å². The van der Waals surface area contributed by atoms with E-state index in [4.69, 9.17) is 14.6 Å². The molecule has 4 aromatic rings. The van der Waals surface area contributed by atoms with E-state index in [1.54, 1.807) is 35.2 Å². The van der Waals surface area contributed by atoms with Gasteiger partial charge in [-0.2, -0.15) is 0 Å². The van der Waals surface area contributed by atoms with Crippen LogP contribution in [0, 0.1) is 5.82 Å². The van der Waals surface area contributed by atoms with Crippen LogP contribution < -0.4 is 15.0 Å². The van der Waals surface area contributed by atoms with Crippen LogP contribution in [0.3, 0.4) is 0 Å². The molecule has 47 heavy (non-hydrogen) atoms. The summed E-state index contributed by atoms with van der Waals surface area (Å²) >= 11 is 1.44. The molecule has 13 nitrogen and oxygen atoms in total. The minimum Gasteiger partial charge on any atom is -0.479 e. The van der Waals surface area contributed by atoms with Crippen molar-refractivity contribution >= 4 is 46.7 Å². The molecule has 2 fully saturated rings. The van der Waals surface area contributed by atoms with E-state index in [1.165, 1.54) is 46.7 Å². The SMILES string of the molecule is CSc1ccc(F)cc1[C@H]1C[C@H](F)CN1c1ccc2ncc(C(=O)NCc3cccc(O[C@@H]4O[C@H](C(=O)O)C(=O)[C@H](O)C4=O)c3)n2n1. The number of carboxylic acids is 1. The first kappa shape index (κ1) is 32.0. The van der Waals surface area contributed by atoms with Gasteiger partial charge in [-0.3, -0.25) is 14.4 Å². The maximum absolute atomic E-state index is 14.8. The van der Waals surface area contributed by atoms with E-state index in [1.807, 2.05) is 6.26 Å². The Kier molecular flexibility index (Phi) is 8.90. The number of thioether (sulfide) groups is 1. The molecular weight excluding hydrogens is 640 g/mol. The van der Waals surface area contributed by atoms with E-state index >= 15 is 0 Å². The number of ketones is 2. The minimum atomic E-state index is -2.21. The Morgan fingerprint density at radius 1 is 1.15 bits per heavy atom. The third kappa shape index (κ3) is 6.39. The summed E-state index contributed by atoms with van der Waals surface area (Å²) in [5, 5.41) is 26.4. The molecule has 4 heterocycles. The van der Waals surface area contributed by atoms with Gasteiger partial charge in [0.05, 0.1) is 18.8 Å². The van der Waals surface area contributed by atoms with Crippen molar-refractivity contribution in [1.29, 1.82) is 0 Å². The maximum Gasteiger partial charge on any atom is 0.340 e. The zero-order chi connectivity index (χ0) is 33.4. The number of nitrogens with one attached hydrogen (secondary N) is 1. The molecule has 0 aliphatic carbocycles. The highest BCUT2D eigenvalue weighted by atomic mass is 32.2. The number of hydrogen-bond donors (Lipinski definition) is 3. The lowest BCUT2D eigenvalue weighted by atomic mass is 10.0. The first-order valence-electron chi connectivity index (χ1n) is 14.3. The lowest BCUT2D eigenvalue weighted by Gasteiger charge is -2.28. The molecule has 2 aromatic carbocycles. The molecule has 1 amide bonds. The van der Waals surface area contributed by atoms with Gasteiger partial charge < -0.3 is 29.9 Å².